The van der Waals surface area contributed by atoms with Gasteiger partial charge in [-0.15, -0.1) is 12.3 Å². The van der Waals surface area contributed by atoms with Crippen molar-refractivity contribution >= 4 is 11.6 Å². The zero-order valence-corrected chi connectivity index (χ0v) is 9.90. The van der Waals surface area contributed by atoms with Gasteiger partial charge in [-0.3, -0.25) is 0 Å². The number of ether oxygens (including phenoxy) is 1. The smallest absolute Gasteiger partial charge is 0.119 e. The molecule has 0 aliphatic carbocycles. The van der Waals surface area contributed by atoms with Gasteiger partial charge in [0.1, 0.15) is 5.75 Å². The highest BCUT2D eigenvalue weighted by Gasteiger charge is 2.02. The number of halogens is 1. The van der Waals surface area contributed by atoms with Crippen molar-refractivity contribution in [2.45, 2.75) is 26.7 Å². The predicted octanol–water partition coefficient (Wildman–Crippen LogP) is 3.75. The maximum absolute atomic E-state index is 6.05. The lowest BCUT2D eigenvalue weighted by Crippen LogP contribution is -1.97. The number of aryl methyl sites for hydroxylation is 2. The summed E-state index contributed by atoms with van der Waals surface area (Å²) in [5.41, 5.74) is 2.09. The second kappa shape index (κ2) is 5.68. The number of rotatable bonds is 4. The summed E-state index contributed by atoms with van der Waals surface area (Å²) in [6.45, 7) is 4.61. The largest absolute Gasteiger partial charge is 0.494 e. The van der Waals surface area contributed by atoms with Gasteiger partial charge in [0.15, 0.2) is 0 Å². The van der Waals surface area contributed by atoms with Crippen LogP contribution >= 0.6 is 11.6 Å². The van der Waals surface area contributed by atoms with E-state index in [4.69, 9.17) is 22.8 Å². The summed E-state index contributed by atoms with van der Waals surface area (Å²) >= 11 is 6.05. The van der Waals surface area contributed by atoms with E-state index in [1.54, 1.807) is 0 Å². The highest BCUT2D eigenvalue weighted by molar-refractivity contribution is 6.32. The molecular weight excluding hydrogens is 208 g/mol. The Bertz CT molecular complexity index is 354. The van der Waals surface area contributed by atoms with Crippen LogP contribution in [0.15, 0.2) is 12.1 Å². The topological polar surface area (TPSA) is 9.23 Å². The first-order chi connectivity index (χ1) is 7.15. The maximum Gasteiger partial charge on any atom is 0.119 e. The molecule has 1 rings (SSSR count). The SMILES string of the molecule is C#CCCCOc1cc(C)c(Cl)c(C)c1. The zero-order valence-electron chi connectivity index (χ0n) is 9.14. The normalized spacial score (nSPS) is 9.73. The standard InChI is InChI=1S/C13H15ClO/c1-4-5-6-7-15-12-8-10(2)13(14)11(3)9-12/h1,8-9H,5-7H2,2-3H3. The molecular formula is C13H15ClO. The third-order valence-corrected chi connectivity index (χ3v) is 2.74. The predicted molar refractivity (Wildman–Crippen MR) is 64.5 cm³/mol. The van der Waals surface area contributed by atoms with Crippen LogP contribution in [0.5, 0.6) is 5.75 Å². The van der Waals surface area contributed by atoms with Gasteiger partial charge in [0.05, 0.1) is 6.61 Å². The summed E-state index contributed by atoms with van der Waals surface area (Å²) in [6.07, 6.45) is 6.79. The first-order valence-corrected chi connectivity index (χ1v) is 5.36. The molecule has 0 aromatic heterocycles. The van der Waals surface area contributed by atoms with Crippen molar-refractivity contribution in [1.29, 1.82) is 0 Å². The van der Waals surface area contributed by atoms with Crippen LogP contribution in [0.1, 0.15) is 24.0 Å². The summed E-state index contributed by atoms with van der Waals surface area (Å²) in [4.78, 5) is 0. The Morgan fingerprint density at radius 2 is 1.93 bits per heavy atom. The van der Waals surface area contributed by atoms with Crippen LogP contribution in [0.4, 0.5) is 0 Å². The molecule has 0 spiro atoms. The van der Waals surface area contributed by atoms with Crippen molar-refractivity contribution in [3.05, 3.63) is 28.3 Å². The Morgan fingerprint density at radius 1 is 1.33 bits per heavy atom. The highest BCUT2D eigenvalue weighted by atomic mass is 35.5. The van der Waals surface area contributed by atoms with E-state index >= 15 is 0 Å². The summed E-state index contributed by atoms with van der Waals surface area (Å²) in [5, 5.41) is 0.811. The third kappa shape index (κ3) is 3.49. The number of hydrogen-bond donors (Lipinski definition) is 0. The first kappa shape index (κ1) is 11.9. The number of terminal acetylenes is 1. The van der Waals surface area contributed by atoms with Gasteiger partial charge in [-0.25, -0.2) is 0 Å². The van der Waals surface area contributed by atoms with Gasteiger partial charge < -0.3 is 4.74 Å². The van der Waals surface area contributed by atoms with Crippen molar-refractivity contribution < 1.29 is 4.74 Å². The monoisotopic (exact) mass is 222 g/mol. The van der Waals surface area contributed by atoms with E-state index < -0.39 is 0 Å². The van der Waals surface area contributed by atoms with Gasteiger partial charge in [0.2, 0.25) is 0 Å². The fourth-order valence-electron chi connectivity index (χ4n) is 1.35. The summed E-state index contributed by atoms with van der Waals surface area (Å²) in [5.74, 6) is 3.45. The van der Waals surface area contributed by atoms with E-state index in [1.165, 1.54) is 0 Å². The molecule has 0 aliphatic heterocycles. The average molecular weight is 223 g/mol. The number of hydrogen-bond acceptors (Lipinski definition) is 1. The van der Waals surface area contributed by atoms with Crippen LogP contribution in [0.25, 0.3) is 0 Å². The highest BCUT2D eigenvalue weighted by Crippen LogP contribution is 2.25. The lowest BCUT2D eigenvalue weighted by Gasteiger charge is -2.09. The summed E-state index contributed by atoms with van der Waals surface area (Å²) < 4.78 is 5.57. The lowest BCUT2D eigenvalue weighted by atomic mass is 10.1. The van der Waals surface area contributed by atoms with Gasteiger partial charge in [-0.05, 0) is 43.5 Å². The molecule has 0 N–H and O–H groups in total. The minimum Gasteiger partial charge on any atom is -0.494 e. The van der Waals surface area contributed by atoms with Gasteiger partial charge >= 0.3 is 0 Å². The van der Waals surface area contributed by atoms with Gasteiger partial charge in [0, 0.05) is 11.4 Å². The van der Waals surface area contributed by atoms with Crippen LogP contribution in [-0.2, 0) is 0 Å². The Labute approximate surface area is 96.4 Å². The van der Waals surface area contributed by atoms with Crippen molar-refractivity contribution in [1.82, 2.24) is 0 Å². The lowest BCUT2D eigenvalue weighted by molar-refractivity contribution is 0.312. The molecule has 2 heteroatoms. The maximum atomic E-state index is 6.05. The van der Waals surface area contributed by atoms with Crippen LogP contribution < -0.4 is 4.74 Å². The second-order valence-electron chi connectivity index (χ2n) is 3.53. The van der Waals surface area contributed by atoms with Crippen LogP contribution in [0.3, 0.4) is 0 Å². The molecule has 1 aromatic rings. The molecule has 15 heavy (non-hydrogen) atoms. The molecule has 0 atom stereocenters. The molecule has 0 fully saturated rings. The molecule has 1 nitrogen and oxygen atoms in total. The molecule has 0 radical (unpaired) electrons. The van der Waals surface area contributed by atoms with E-state index in [2.05, 4.69) is 5.92 Å². The quantitative estimate of drug-likeness (QED) is 0.557. The number of benzene rings is 1. The van der Waals surface area contributed by atoms with E-state index in [9.17, 15) is 0 Å². The van der Waals surface area contributed by atoms with E-state index in [-0.39, 0.29) is 0 Å². The van der Waals surface area contributed by atoms with E-state index in [1.807, 2.05) is 26.0 Å². The average Bonchev–Trinajstić information content (AvgIpc) is 2.21. The molecule has 0 saturated heterocycles. The van der Waals surface area contributed by atoms with Crippen molar-refractivity contribution in [3.63, 3.8) is 0 Å². The van der Waals surface area contributed by atoms with Crippen LogP contribution in [0, 0.1) is 26.2 Å². The van der Waals surface area contributed by atoms with Gasteiger partial charge in [0.25, 0.3) is 0 Å². The molecule has 1 aromatic carbocycles. The zero-order chi connectivity index (χ0) is 11.3. The first-order valence-electron chi connectivity index (χ1n) is 4.98. The number of unbranched alkanes of at least 4 members (excludes halogenated alkanes) is 1. The molecule has 80 valence electrons. The summed E-state index contributed by atoms with van der Waals surface area (Å²) in [7, 11) is 0. The van der Waals surface area contributed by atoms with Crippen LogP contribution in [0.2, 0.25) is 5.02 Å². The van der Waals surface area contributed by atoms with Crippen molar-refractivity contribution in [2.24, 2.45) is 0 Å². The Balaban J connectivity index is 2.59. The Kier molecular flexibility index (Phi) is 4.52. The van der Waals surface area contributed by atoms with Gasteiger partial charge in [-0.2, -0.15) is 0 Å². The fourth-order valence-corrected chi connectivity index (χ4v) is 1.46. The van der Waals surface area contributed by atoms with Crippen molar-refractivity contribution in [2.75, 3.05) is 6.61 Å². The van der Waals surface area contributed by atoms with Gasteiger partial charge in [-0.1, -0.05) is 11.6 Å². The molecule has 0 amide bonds. The van der Waals surface area contributed by atoms with Crippen LogP contribution in [-0.4, -0.2) is 6.61 Å². The van der Waals surface area contributed by atoms with E-state index in [0.717, 1.165) is 34.7 Å². The van der Waals surface area contributed by atoms with Crippen molar-refractivity contribution in [3.8, 4) is 18.1 Å². The second-order valence-corrected chi connectivity index (χ2v) is 3.91. The van der Waals surface area contributed by atoms with E-state index in [0.29, 0.717) is 6.61 Å². The fraction of sp³-hybridized carbons (Fsp3) is 0.385. The minimum atomic E-state index is 0.657. The Hall–Kier alpha value is -1.13. The third-order valence-electron chi connectivity index (χ3n) is 2.14. The summed E-state index contributed by atoms with van der Waals surface area (Å²) in [6, 6.07) is 3.90. The molecule has 0 bridgehead atoms. The molecule has 0 heterocycles. The molecule has 0 saturated carbocycles. The Morgan fingerprint density at radius 3 is 2.47 bits per heavy atom. The molecule has 0 aliphatic rings. The minimum absolute atomic E-state index is 0.657. The molecule has 0 unspecified atom stereocenters.